The van der Waals surface area contributed by atoms with Crippen LogP contribution in [0.1, 0.15) is 202 Å². The number of methoxy groups -OCH3 is 1. The second-order valence-electron chi connectivity index (χ2n) is 17.1. The molecule has 0 aromatic heterocycles. The third kappa shape index (κ3) is 27.8. The Morgan fingerprint density at radius 2 is 1.15 bits per heavy atom. The van der Waals surface area contributed by atoms with Crippen LogP contribution in [0.5, 0.6) is 0 Å². The normalized spacial score (nSPS) is 17.2. The van der Waals surface area contributed by atoms with E-state index in [1.165, 1.54) is 60.0 Å². The van der Waals surface area contributed by atoms with Crippen LogP contribution in [0.25, 0.3) is 0 Å². The molecule has 0 saturated carbocycles. The number of nitrogens with zero attached hydrogens (tertiary/aromatic N) is 1. The zero-order chi connectivity index (χ0) is 45.6. The number of rotatable bonds is 36. The van der Waals surface area contributed by atoms with E-state index in [1.807, 2.05) is 0 Å². The van der Waals surface area contributed by atoms with Crippen LogP contribution in [-0.4, -0.2) is 103 Å². The van der Waals surface area contributed by atoms with E-state index in [0.29, 0.717) is 83.1 Å². The lowest BCUT2D eigenvalue weighted by atomic mass is 9.94. The first-order valence-electron chi connectivity index (χ1n) is 23.2. The molecule has 1 heterocycles. The maximum absolute atomic E-state index is 12.8. The first kappa shape index (κ1) is 56.2. The van der Waals surface area contributed by atoms with Gasteiger partial charge in [0, 0.05) is 33.7 Å². The van der Waals surface area contributed by atoms with Crippen molar-refractivity contribution < 1.29 is 65.2 Å². The monoisotopic (exact) mass is 892 g/mol. The number of unbranched alkanes of at least 4 members (excludes halogenated alkanes) is 12. The summed E-state index contributed by atoms with van der Waals surface area (Å²) in [5, 5.41) is 10.5. The van der Waals surface area contributed by atoms with E-state index >= 15 is 0 Å². The van der Waals surface area contributed by atoms with Gasteiger partial charge in [-0.2, -0.15) is 8.42 Å². The molecule has 0 spiro atoms. The molecule has 0 aliphatic carbocycles. The third-order valence-electron chi connectivity index (χ3n) is 11.4. The summed E-state index contributed by atoms with van der Waals surface area (Å²) >= 11 is 0. The second kappa shape index (κ2) is 32.8. The number of esters is 4. The van der Waals surface area contributed by atoms with E-state index < -0.39 is 64.7 Å². The van der Waals surface area contributed by atoms with Crippen LogP contribution in [0.15, 0.2) is 0 Å². The fourth-order valence-corrected chi connectivity index (χ4v) is 8.90. The van der Waals surface area contributed by atoms with Crippen molar-refractivity contribution in [1.82, 2.24) is 4.90 Å². The standard InChI is InChI=1S/C45H81NO14S/c1-7-8-9-11-16-24-34(2)33-38(50)25-17-12-10-13-18-26-39(60-61(53,54)55)27-21-22-30-42(58-36(4)48)44(59-37(5)49)41(57-35(3)47)29-19-14-15-20-31-43(51)46-32-23-28-40(46)45(52)56-6/h34,38-42,44,50H,7-33H2,1-6H3,(H,53,54,55)/t34-,38+,39+,40+,41+,42-,44+/m1/s1. The Morgan fingerprint density at radius 1 is 0.672 bits per heavy atom. The largest absolute Gasteiger partial charge is 0.467 e. The minimum Gasteiger partial charge on any atom is -0.467 e. The summed E-state index contributed by atoms with van der Waals surface area (Å²) in [7, 11) is -3.38. The molecule has 1 aliphatic rings. The maximum Gasteiger partial charge on any atom is 0.397 e. The van der Waals surface area contributed by atoms with Gasteiger partial charge in [-0.3, -0.25) is 23.7 Å². The summed E-state index contributed by atoms with van der Waals surface area (Å²) in [6, 6.07) is -0.539. The number of aliphatic hydroxyl groups is 1. The number of hydrogen-bond donors (Lipinski definition) is 2. The van der Waals surface area contributed by atoms with E-state index in [1.54, 1.807) is 4.90 Å². The van der Waals surface area contributed by atoms with E-state index in [0.717, 1.165) is 51.4 Å². The number of likely N-dealkylation sites (tertiary alicyclic amines) is 1. The fraction of sp³-hybridized carbons (Fsp3) is 0.889. The molecule has 7 atom stereocenters. The zero-order valence-corrected chi connectivity index (χ0v) is 39.1. The Balaban J connectivity index is 2.66. The van der Waals surface area contributed by atoms with Crippen molar-refractivity contribution in [1.29, 1.82) is 0 Å². The molecule has 15 nitrogen and oxygen atoms in total. The lowest BCUT2D eigenvalue weighted by molar-refractivity contribution is -0.184. The highest BCUT2D eigenvalue weighted by atomic mass is 32.3. The Hall–Kier alpha value is -2.82. The van der Waals surface area contributed by atoms with E-state index in [-0.39, 0.29) is 24.9 Å². The molecule has 1 saturated heterocycles. The van der Waals surface area contributed by atoms with Crippen LogP contribution in [0.4, 0.5) is 0 Å². The smallest absolute Gasteiger partial charge is 0.397 e. The molecule has 0 aromatic rings. The van der Waals surface area contributed by atoms with Gasteiger partial charge >= 0.3 is 34.3 Å². The predicted molar refractivity (Wildman–Crippen MR) is 231 cm³/mol. The number of carbonyl (C=O) groups is 5. The van der Waals surface area contributed by atoms with Gasteiger partial charge in [-0.1, -0.05) is 104 Å². The Bertz CT molecular complexity index is 1360. The van der Waals surface area contributed by atoms with Gasteiger partial charge in [0.05, 0.1) is 19.3 Å². The highest BCUT2D eigenvalue weighted by Crippen LogP contribution is 2.26. The summed E-state index contributed by atoms with van der Waals surface area (Å²) in [6.07, 6.45) is 15.5. The predicted octanol–water partition coefficient (Wildman–Crippen LogP) is 8.51. The van der Waals surface area contributed by atoms with Crippen molar-refractivity contribution in [3.8, 4) is 0 Å². The molecule has 0 unspecified atom stereocenters. The molecular weight excluding hydrogens is 811 g/mol. The zero-order valence-electron chi connectivity index (χ0n) is 38.3. The SMILES string of the molecule is CCCCCCC[C@@H](C)C[C@@H](O)CCCCCCC[C@@H](CCCC[C@@H](OC(C)=O)[C@@H](OC(C)=O)[C@H](CCCCCCC(=O)N1CCC[C@H]1C(=O)OC)OC(C)=O)OS(=O)(=O)O. The minimum atomic E-state index is -4.69. The van der Waals surface area contributed by atoms with Gasteiger partial charge in [0.25, 0.3) is 0 Å². The van der Waals surface area contributed by atoms with Gasteiger partial charge in [-0.15, -0.1) is 0 Å². The topological polar surface area (TPSA) is 209 Å². The van der Waals surface area contributed by atoms with Crippen molar-refractivity contribution in [2.75, 3.05) is 13.7 Å². The summed E-state index contributed by atoms with van der Waals surface area (Å²) in [4.78, 5) is 63.1. The molecule has 1 fully saturated rings. The molecule has 356 valence electrons. The van der Waals surface area contributed by atoms with Crippen molar-refractivity contribution in [2.24, 2.45) is 5.92 Å². The molecule has 61 heavy (non-hydrogen) atoms. The van der Waals surface area contributed by atoms with Crippen LogP contribution >= 0.6 is 0 Å². The van der Waals surface area contributed by atoms with Gasteiger partial charge in [0.1, 0.15) is 18.2 Å². The number of aliphatic hydroxyl groups excluding tert-OH is 1. The molecule has 1 aliphatic heterocycles. The van der Waals surface area contributed by atoms with Crippen molar-refractivity contribution >= 4 is 40.2 Å². The van der Waals surface area contributed by atoms with Crippen LogP contribution < -0.4 is 0 Å². The third-order valence-corrected chi connectivity index (χ3v) is 11.9. The molecular formula is C45H81NO14S. The van der Waals surface area contributed by atoms with Crippen LogP contribution in [-0.2, 0) is 57.5 Å². The molecule has 1 amide bonds. The summed E-state index contributed by atoms with van der Waals surface area (Å²) < 4.78 is 59.5. The minimum absolute atomic E-state index is 0.0947. The Kier molecular flexibility index (Phi) is 30.2. The lowest BCUT2D eigenvalue weighted by Gasteiger charge is -2.32. The second-order valence-corrected chi connectivity index (χ2v) is 18.1. The number of amides is 1. The van der Waals surface area contributed by atoms with Crippen molar-refractivity contribution in [3.63, 3.8) is 0 Å². The average molecular weight is 892 g/mol. The quantitative estimate of drug-likeness (QED) is 0.0262. The van der Waals surface area contributed by atoms with Gasteiger partial charge in [0.15, 0.2) is 6.10 Å². The van der Waals surface area contributed by atoms with Gasteiger partial charge in [-0.25, -0.2) is 8.98 Å². The number of carbonyl (C=O) groups excluding carboxylic acids is 5. The highest BCUT2D eigenvalue weighted by molar-refractivity contribution is 7.80. The number of ether oxygens (including phenoxy) is 4. The van der Waals surface area contributed by atoms with Crippen LogP contribution in [0.3, 0.4) is 0 Å². The van der Waals surface area contributed by atoms with Crippen LogP contribution in [0, 0.1) is 5.92 Å². The molecule has 0 radical (unpaired) electrons. The van der Waals surface area contributed by atoms with Gasteiger partial charge in [0.2, 0.25) is 5.91 Å². The maximum atomic E-state index is 12.8. The summed E-state index contributed by atoms with van der Waals surface area (Å²) in [5.41, 5.74) is 0. The molecule has 0 aromatic carbocycles. The average Bonchev–Trinajstić information content (AvgIpc) is 3.67. The van der Waals surface area contributed by atoms with Crippen molar-refractivity contribution in [3.05, 3.63) is 0 Å². The summed E-state index contributed by atoms with van der Waals surface area (Å²) in [6.45, 7) is 8.63. The number of hydrogen-bond acceptors (Lipinski definition) is 13. The lowest BCUT2D eigenvalue weighted by Crippen LogP contribution is -2.45. The Morgan fingerprint density at radius 3 is 1.69 bits per heavy atom. The molecule has 0 bridgehead atoms. The van der Waals surface area contributed by atoms with E-state index in [2.05, 4.69) is 13.8 Å². The van der Waals surface area contributed by atoms with Gasteiger partial charge < -0.3 is 29.0 Å². The van der Waals surface area contributed by atoms with E-state index in [4.69, 9.17) is 23.1 Å². The molecule has 1 rings (SSSR count). The Labute approximate surface area is 367 Å². The first-order chi connectivity index (χ1) is 29.0. The van der Waals surface area contributed by atoms with E-state index in [9.17, 15) is 42.0 Å². The molecule has 16 heteroatoms. The summed E-state index contributed by atoms with van der Waals surface area (Å²) in [5.74, 6) is -1.86. The fourth-order valence-electron chi connectivity index (χ4n) is 8.36. The van der Waals surface area contributed by atoms with Crippen LogP contribution in [0.2, 0.25) is 0 Å². The van der Waals surface area contributed by atoms with Crippen molar-refractivity contribution in [2.45, 2.75) is 238 Å². The highest BCUT2D eigenvalue weighted by Gasteiger charge is 2.37. The van der Waals surface area contributed by atoms with Gasteiger partial charge in [-0.05, 0) is 76.5 Å². The molecule has 2 N–H and O–H groups in total. The first-order valence-corrected chi connectivity index (χ1v) is 24.6.